The summed E-state index contributed by atoms with van der Waals surface area (Å²) in [7, 11) is 0. The van der Waals surface area contributed by atoms with Crippen molar-refractivity contribution in [3.05, 3.63) is 50.5 Å². The van der Waals surface area contributed by atoms with Crippen LogP contribution in [0, 0.1) is 10.1 Å². The first-order valence-electron chi connectivity index (χ1n) is 5.09. The van der Waals surface area contributed by atoms with E-state index in [0.29, 0.717) is 15.7 Å². The average Bonchev–Trinajstić information content (AvgIpc) is 2.26. The summed E-state index contributed by atoms with van der Waals surface area (Å²) in [6.07, 6.45) is 0. The number of anilines is 3. The summed E-state index contributed by atoms with van der Waals surface area (Å²) in [5.41, 5.74) is 5.91. The number of pyridine rings is 1. The summed E-state index contributed by atoms with van der Waals surface area (Å²) in [5.74, 6) is 0.287. The standard InChI is InChI=1S/C11H8Cl2N4O2/c12-6-1-7(13)3-8(2-6)15-11-5-9(17(18)19)4-10(14)16-11/h1-5H,(H3,14,15,16). The van der Waals surface area contributed by atoms with E-state index in [-0.39, 0.29) is 17.3 Å². The molecule has 0 aliphatic heterocycles. The van der Waals surface area contributed by atoms with Crippen LogP contribution >= 0.6 is 23.2 Å². The molecular formula is C11H8Cl2N4O2. The minimum absolute atomic E-state index is 0.0461. The van der Waals surface area contributed by atoms with Crippen LogP contribution in [0.15, 0.2) is 30.3 Å². The molecule has 98 valence electrons. The zero-order valence-corrected chi connectivity index (χ0v) is 10.9. The Morgan fingerprint density at radius 1 is 1.16 bits per heavy atom. The topological polar surface area (TPSA) is 94.1 Å². The van der Waals surface area contributed by atoms with Gasteiger partial charge in [0.2, 0.25) is 0 Å². The average molecular weight is 299 g/mol. The minimum Gasteiger partial charge on any atom is -0.383 e. The number of nitrogens with two attached hydrogens (primary N) is 1. The number of aromatic nitrogens is 1. The van der Waals surface area contributed by atoms with E-state index in [2.05, 4.69) is 10.3 Å². The molecule has 0 saturated heterocycles. The number of nitrogens with zero attached hydrogens (tertiary/aromatic N) is 2. The summed E-state index contributed by atoms with van der Waals surface area (Å²) < 4.78 is 0. The third-order valence-corrected chi connectivity index (χ3v) is 2.61. The third kappa shape index (κ3) is 3.46. The summed E-state index contributed by atoms with van der Waals surface area (Å²) >= 11 is 11.7. The predicted molar refractivity (Wildman–Crippen MR) is 75.0 cm³/mol. The highest BCUT2D eigenvalue weighted by Gasteiger charge is 2.10. The van der Waals surface area contributed by atoms with Crippen LogP contribution in [0.1, 0.15) is 0 Å². The van der Waals surface area contributed by atoms with E-state index in [9.17, 15) is 10.1 Å². The van der Waals surface area contributed by atoms with Crippen LogP contribution in [0.25, 0.3) is 0 Å². The molecule has 0 saturated carbocycles. The van der Waals surface area contributed by atoms with Crippen molar-refractivity contribution in [1.82, 2.24) is 4.98 Å². The molecule has 1 aromatic carbocycles. The van der Waals surface area contributed by atoms with E-state index in [1.165, 1.54) is 12.1 Å². The molecule has 3 N–H and O–H groups in total. The Morgan fingerprint density at radius 2 is 1.79 bits per heavy atom. The van der Waals surface area contributed by atoms with Crippen molar-refractivity contribution >= 4 is 46.2 Å². The van der Waals surface area contributed by atoms with Crippen LogP contribution in [-0.2, 0) is 0 Å². The number of rotatable bonds is 3. The number of benzene rings is 1. The fourth-order valence-corrected chi connectivity index (χ4v) is 2.01. The zero-order chi connectivity index (χ0) is 14.0. The van der Waals surface area contributed by atoms with Gasteiger partial charge in [-0.15, -0.1) is 0 Å². The summed E-state index contributed by atoms with van der Waals surface area (Å²) in [4.78, 5) is 14.1. The van der Waals surface area contributed by atoms with Crippen LogP contribution in [0.2, 0.25) is 10.0 Å². The Morgan fingerprint density at radius 3 is 2.37 bits per heavy atom. The summed E-state index contributed by atoms with van der Waals surface area (Å²) in [5, 5.41) is 14.5. The van der Waals surface area contributed by atoms with Gasteiger partial charge in [0.25, 0.3) is 5.69 Å². The monoisotopic (exact) mass is 298 g/mol. The first-order chi connectivity index (χ1) is 8.94. The van der Waals surface area contributed by atoms with E-state index >= 15 is 0 Å². The molecule has 2 aromatic rings. The Bertz CT molecular complexity index is 628. The lowest BCUT2D eigenvalue weighted by atomic mass is 10.3. The fraction of sp³-hybridized carbons (Fsp3) is 0. The number of halogens is 2. The van der Waals surface area contributed by atoms with Gasteiger partial charge in [-0.05, 0) is 18.2 Å². The van der Waals surface area contributed by atoms with Gasteiger partial charge in [0, 0.05) is 15.7 Å². The van der Waals surface area contributed by atoms with E-state index in [1.54, 1.807) is 18.2 Å². The van der Waals surface area contributed by atoms with Gasteiger partial charge in [-0.3, -0.25) is 10.1 Å². The van der Waals surface area contributed by atoms with E-state index in [4.69, 9.17) is 28.9 Å². The van der Waals surface area contributed by atoms with E-state index in [1.807, 2.05) is 0 Å². The highest BCUT2D eigenvalue weighted by Crippen LogP contribution is 2.26. The van der Waals surface area contributed by atoms with Gasteiger partial charge in [-0.1, -0.05) is 23.2 Å². The maximum absolute atomic E-state index is 10.7. The summed E-state index contributed by atoms with van der Waals surface area (Å²) in [6, 6.07) is 7.25. The Kier molecular flexibility index (Phi) is 3.73. The van der Waals surface area contributed by atoms with E-state index in [0.717, 1.165) is 0 Å². The quantitative estimate of drug-likeness (QED) is 0.666. The second-order valence-electron chi connectivity index (χ2n) is 3.68. The molecule has 0 fully saturated rings. The first kappa shape index (κ1) is 13.4. The Labute approximate surface area is 118 Å². The molecule has 0 aliphatic carbocycles. The van der Waals surface area contributed by atoms with Crippen molar-refractivity contribution in [2.45, 2.75) is 0 Å². The molecule has 0 bridgehead atoms. The van der Waals surface area contributed by atoms with Gasteiger partial charge in [0.05, 0.1) is 17.1 Å². The van der Waals surface area contributed by atoms with Crippen LogP contribution in [-0.4, -0.2) is 9.91 Å². The molecular weight excluding hydrogens is 291 g/mol. The number of hydrogen-bond donors (Lipinski definition) is 2. The molecule has 8 heteroatoms. The van der Waals surface area contributed by atoms with Crippen LogP contribution < -0.4 is 11.1 Å². The van der Waals surface area contributed by atoms with Crippen LogP contribution in [0.5, 0.6) is 0 Å². The van der Waals surface area contributed by atoms with Crippen molar-refractivity contribution in [1.29, 1.82) is 0 Å². The van der Waals surface area contributed by atoms with Gasteiger partial charge in [0.15, 0.2) is 0 Å². The molecule has 19 heavy (non-hydrogen) atoms. The van der Waals surface area contributed by atoms with Crippen molar-refractivity contribution in [3.63, 3.8) is 0 Å². The van der Waals surface area contributed by atoms with Crippen molar-refractivity contribution in [2.24, 2.45) is 0 Å². The minimum atomic E-state index is -0.547. The Balaban J connectivity index is 2.35. The molecule has 0 atom stereocenters. The molecule has 0 unspecified atom stereocenters. The van der Waals surface area contributed by atoms with Crippen LogP contribution in [0.4, 0.5) is 23.0 Å². The molecule has 1 heterocycles. The number of hydrogen-bond acceptors (Lipinski definition) is 5. The predicted octanol–water partition coefficient (Wildman–Crippen LogP) is 3.62. The lowest BCUT2D eigenvalue weighted by Gasteiger charge is -2.07. The zero-order valence-electron chi connectivity index (χ0n) is 9.43. The molecule has 2 rings (SSSR count). The summed E-state index contributed by atoms with van der Waals surface area (Å²) in [6.45, 7) is 0. The lowest BCUT2D eigenvalue weighted by molar-refractivity contribution is -0.384. The van der Waals surface area contributed by atoms with Crippen LogP contribution in [0.3, 0.4) is 0 Å². The van der Waals surface area contributed by atoms with Crippen molar-refractivity contribution in [3.8, 4) is 0 Å². The highest BCUT2D eigenvalue weighted by molar-refractivity contribution is 6.35. The Hall–Kier alpha value is -2.05. The number of nitrogen functional groups attached to an aromatic ring is 1. The molecule has 0 radical (unpaired) electrons. The SMILES string of the molecule is Nc1cc([N+](=O)[O-])cc(Nc2cc(Cl)cc(Cl)c2)n1. The van der Waals surface area contributed by atoms with Gasteiger partial charge < -0.3 is 11.1 Å². The second kappa shape index (κ2) is 5.29. The molecule has 0 amide bonds. The van der Waals surface area contributed by atoms with Crippen molar-refractivity contribution < 1.29 is 4.92 Å². The van der Waals surface area contributed by atoms with Gasteiger partial charge >= 0.3 is 0 Å². The van der Waals surface area contributed by atoms with Gasteiger partial charge in [0.1, 0.15) is 11.6 Å². The lowest BCUT2D eigenvalue weighted by Crippen LogP contribution is -1.99. The number of nitrogens with one attached hydrogen (secondary N) is 1. The molecule has 1 aromatic heterocycles. The van der Waals surface area contributed by atoms with Gasteiger partial charge in [-0.25, -0.2) is 4.98 Å². The second-order valence-corrected chi connectivity index (χ2v) is 4.55. The maximum atomic E-state index is 10.7. The molecule has 6 nitrogen and oxygen atoms in total. The van der Waals surface area contributed by atoms with Gasteiger partial charge in [-0.2, -0.15) is 0 Å². The fourth-order valence-electron chi connectivity index (χ4n) is 1.48. The van der Waals surface area contributed by atoms with E-state index < -0.39 is 4.92 Å². The number of nitro groups is 1. The largest absolute Gasteiger partial charge is 0.383 e. The maximum Gasteiger partial charge on any atom is 0.276 e. The smallest absolute Gasteiger partial charge is 0.276 e. The normalized spacial score (nSPS) is 10.2. The highest BCUT2D eigenvalue weighted by atomic mass is 35.5. The molecule has 0 spiro atoms. The molecule has 0 aliphatic rings. The first-order valence-corrected chi connectivity index (χ1v) is 5.85. The van der Waals surface area contributed by atoms with Crippen molar-refractivity contribution in [2.75, 3.05) is 11.1 Å². The third-order valence-electron chi connectivity index (χ3n) is 2.18.